The standard InChI is InChI=1S/C21H27NO4/c1-4-11-24-19-10-9-17(14-20(19)25-12-5-2)22-21(23)15-26-18-8-6-7-16(3)13-18/h6-10,13-14H,4-5,11-12,15H2,1-3H3,(H,22,23). The van der Waals surface area contributed by atoms with Gasteiger partial charge in [-0.15, -0.1) is 0 Å². The predicted molar refractivity (Wildman–Crippen MR) is 103 cm³/mol. The fourth-order valence-corrected chi connectivity index (χ4v) is 2.29. The minimum Gasteiger partial charge on any atom is -0.490 e. The first-order valence-corrected chi connectivity index (χ1v) is 9.01. The van der Waals surface area contributed by atoms with E-state index in [9.17, 15) is 4.79 Å². The molecule has 26 heavy (non-hydrogen) atoms. The summed E-state index contributed by atoms with van der Waals surface area (Å²) in [6.45, 7) is 7.24. The second-order valence-corrected chi connectivity index (χ2v) is 6.01. The maximum absolute atomic E-state index is 12.1. The molecule has 5 nitrogen and oxygen atoms in total. The quantitative estimate of drug-likeness (QED) is 0.676. The molecule has 2 rings (SSSR count). The molecule has 0 fully saturated rings. The van der Waals surface area contributed by atoms with Crippen LogP contribution in [0, 0.1) is 6.92 Å². The van der Waals surface area contributed by atoms with Crippen LogP contribution in [-0.2, 0) is 4.79 Å². The van der Waals surface area contributed by atoms with Gasteiger partial charge < -0.3 is 19.5 Å². The Kier molecular flexibility index (Phi) is 7.80. The molecule has 0 spiro atoms. The van der Waals surface area contributed by atoms with Crippen LogP contribution in [0.25, 0.3) is 0 Å². The summed E-state index contributed by atoms with van der Waals surface area (Å²) in [5.41, 5.74) is 1.74. The minimum absolute atomic E-state index is 0.0529. The molecule has 2 aromatic rings. The number of hydrogen-bond donors (Lipinski definition) is 1. The van der Waals surface area contributed by atoms with Crippen LogP contribution >= 0.6 is 0 Å². The second-order valence-electron chi connectivity index (χ2n) is 6.01. The third-order valence-electron chi connectivity index (χ3n) is 3.51. The molecular weight excluding hydrogens is 330 g/mol. The number of carbonyl (C=O) groups is 1. The van der Waals surface area contributed by atoms with E-state index < -0.39 is 0 Å². The van der Waals surface area contributed by atoms with E-state index in [2.05, 4.69) is 12.2 Å². The van der Waals surface area contributed by atoms with Crippen molar-refractivity contribution in [3.8, 4) is 17.2 Å². The lowest BCUT2D eigenvalue weighted by Crippen LogP contribution is -2.20. The van der Waals surface area contributed by atoms with Gasteiger partial charge in [-0.25, -0.2) is 0 Å². The lowest BCUT2D eigenvalue weighted by Gasteiger charge is -2.14. The highest BCUT2D eigenvalue weighted by Gasteiger charge is 2.09. The van der Waals surface area contributed by atoms with E-state index in [1.54, 1.807) is 12.1 Å². The summed E-state index contributed by atoms with van der Waals surface area (Å²) in [5.74, 6) is 1.78. The van der Waals surface area contributed by atoms with Gasteiger partial charge in [0.1, 0.15) is 5.75 Å². The van der Waals surface area contributed by atoms with Crippen LogP contribution < -0.4 is 19.5 Å². The number of rotatable bonds is 10. The highest BCUT2D eigenvalue weighted by Crippen LogP contribution is 2.31. The predicted octanol–water partition coefficient (Wildman–Crippen LogP) is 4.59. The largest absolute Gasteiger partial charge is 0.490 e. The van der Waals surface area contributed by atoms with E-state index in [4.69, 9.17) is 14.2 Å². The lowest BCUT2D eigenvalue weighted by atomic mass is 10.2. The van der Waals surface area contributed by atoms with Crippen LogP contribution in [0.4, 0.5) is 5.69 Å². The molecule has 0 saturated heterocycles. The normalized spacial score (nSPS) is 10.3. The van der Waals surface area contributed by atoms with Gasteiger partial charge in [0.15, 0.2) is 18.1 Å². The number of benzene rings is 2. The Morgan fingerprint density at radius 3 is 2.35 bits per heavy atom. The monoisotopic (exact) mass is 357 g/mol. The van der Waals surface area contributed by atoms with Crippen LogP contribution in [0.1, 0.15) is 32.3 Å². The summed E-state index contributed by atoms with van der Waals surface area (Å²) in [5, 5.41) is 2.83. The maximum Gasteiger partial charge on any atom is 0.262 e. The number of aryl methyl sites for hydroxylation is 1. The van der Waals surface area contributed by atoms with Crippen LogP contribution in [0.5, 0.6) is 17.2 Å². The van der Waals surface area contributed by atoms with Crippen LogP contribution in [-0.4, -0.2) is 25.7 Å². The average Bonchev–Trinajstić information content (AvgIpc) is 2.64. The molecule has 0 aromatic heterocycles. The van der Waals surface area contributed by atoms with E-state index in [1.807, 2.05) is 44.2 Å². The van der Waals surface area contributed by atoms with E-state index in [-0.39, 0.29) is 12.5 Å². The Morgan fingerprint density at radius 1 is 0.923 bits per heavy atom. The maximum atomic E-state index is 12.1. The number of nitrogens with one attached hydrogen (secondary N) is 1. The summed E-state index contributed by atoms with van der Waals surface area (Å²) in [6, 6.07) is 13.0. The first-order valence-electron chi connectivity index (χ1n) is 9.01. The molecule has 1 amide bonds. The lowest BCUT2D eigenvalue weighted by molar-refractivity contribution is -0.118. The summed E-state index contributed by atoms with van der Waals surface area (Å²) >= 11 is 0. The van der Waals surface area contributed by atoms with Gasteiger partial charge in [0.2, 0.25) is 0 Å². The van der Waals surface area contributed by atoms with Gasteiger partial charge in [-0.3, -0.25) is 4.79 Å². The van der Waals surface area contributed by atoms with Crippen molar-refractivity contribution in [1.29, 1.82) is 0 Å². The Morgan fingerprint density at radius 2 is 1.65 bits per heavy atom. The Bertz CT molecular complexity index is 715. The first kappa shape index (κ1) is 19.6. The van der Waals surface area contributed by atoms with Gasteiger partial charge in [-0.2, -0.15) is 0 Å². The summed E-state index contributed by atoms with van der Waals surface area (Å²) in [6.07, 6.45) is 1.82. The molecule has 0 aliphatic carbocycles. The highest BCUT2D eigenvalue weighted by atomic mass is 16.5. The number of carbonyl (C=O) groups excluding carboxylic acids is 1. The van der Waals surface area contributed by atoms with Crippen molar-refractivity contribution in [3.63, 3.8) is 0 Å². The summed E-state index contributed by atoms with van der Waals surface area (Å²) in [4.78, 5) is 12.1. The van der Waals surface area contributed by atoms with Crippen molar-refractivity contribution in [2.45, 2.75) is 33.6 Å². The molecule has 1 N–H and O–H groups in total. The van der Waals surface area contributed by atoms with E-state index >= 15 is 0 Å². The van der Waals surface area contributed by atoms with Gasteiger partial charge >= 0.3 is 0 Å². The fourth-order valence-electron chi connectivity index (χ4n) is 2.29. The average molecular weight is 357 g/mol. The summed E-state index contributed by atoms with van der Waals surface area (Å²) in [7, 11) is 0. The number of hydrogen-bond acceptors (Lipinski definition) is 4. The van der Waals surface area contributed by atoms with Gasteiger partial charge in [-0.05, 0) is 49.6 Å². The topological polar surface area (TPSA) is 56.8 Å². The molecular formula is C21H27NO4. The molecule has 0 heterocycles. The van der Waals surface area contributed by atoms with Crippen molar-refractivity contribution >= 4 is 11.6 Å². The first-order chi connectivity index (χ1) is 12.6. The SMILES string of the molecule is CCCOc1ccc(NC(=O)COc2cccc(C)c2)cc1OCCC. The molecule has 2 aromatic carbocycles. The zero-order chi connectivity index (χ0) is 18.8. The van der Waals surface area contributed by atoms with E-state index in [0.29, 0.717) is 36.1 Å². The van der Waals surface area contributed by atoms with E-state index in [0.717, 1.165) is 18.4 Å². The Hall–Kier alpha value is -2.69. The number of ether oxygens (including phenoxy) is 3. The minimum atomic E-state index is -0.227. The van der Waals surface area contributed by atoms with Crippen molar-refractivity contribution in [1.82, 2.24) is 0 Å². The zero-order valence-electron chi connectivity index (χ0n) is 15.7. The van der Waals surface area contributed by atoms with Crippen molar-refractivity contribution < 1.29 is 19.0 Å². The van der Waals surface area contributed by atoms with Gasteiger partial charge in [-0.1, -0.05) is 26.0 Å². The molecule has 0 saturated carbocycles. The zero-order valence-corrected chi connectivity index (χ0v) is 15.7. The molecule has 5 heteroatoms. The number of anilines is 1. The van der Waals surface area contributed by atoms with Crippen molar-refractivity contribution in [2.75, 3.05) is 25.1 Å². The molecule has 0 aliphatic rings. The third kappa shape index (κ3) is 6.31. The molecule has 0 bridgehead atoms. The molecule has 0 atom stereocenters. The fraction of sp³-hybridized carbons (Fsp3) is 0.381. The van der Waals surface area contributed by atoms with Crippen LogP contribution in [0.3, 0.4) is 0 Å². The third-order valence-corrected chi connectivity index (χ3v) is 3.51. The number of amides is 1. The smallest absolute Gasteiger partial charge is 0.262 e. The van der Waals surface area contributed by atoms with Gasteiger partial charge in [0, 0.05) is 11.8 Å². The molecule has 0 radical (unpaired) electrons. The molecule has 140 valence electrons. The second kappa shape index (κ2) is 10.3. The molecule has 0 unspecified atom stereocenters. The summed E-state index contributed by atoms with van der Waals surface area (Å²) < 4.78 is 17.0. The Balaban J connectivity index is 1.97. The van der Waals surface area contributed by atoms with Crippen molar-refractivity contribution in [2.24, 2.45) is 0 Å². The van der Waals surface area contributed by atoms with Gasteiger partial charge in [0.25, 0.3) is 5.91 Å². The molecule has 0 aliphatic heterocycles. The van der Waals surface area contributed by atoms with Crippen LogP contribution in [0.2, 0.25) is 0 Å². The van der Waals surface area contributed by atoms with Gasteiger partial charge in [0.05, 0.1) is 13.2 Å². The van der Waals surface area contributed by atoms with Crippen molar-refractivity contribution in [3.05, 3.63) is 48.0 Å². The highest BCUT2D eigenvalue weighted by molar-refractivity contribution is 5.92. The van der Waals surface area contributed by atoms with Crippen LogP contribution in [0.15, 0.2) is 42.5 Å². The Labute approximate surface area is 155 Å². The van der Waals surface area contributed by atoms with E-state index in [1.165, 1.54) is 0 Å².